The van der Waals surface area contributed by atoms with Crippen LogP contribution in [0.5, 0.6) is 5.75 Å². The van der Waals surface area contributed by atoms with Gasteiger partial charge in [-0.1, -0.05) is 59.6 Å². The molecule has 0 aliphatic carbocycles. The lowest BCUT2D eigenvalue weighted by Gasteiger charge is -2.33. The van der Waals surface area contributed by atoms with Crippen LogP contribution in [0.1, 0.15) is 47.8 Å². The summed E-state index contributed by atoms with van der Waals surface area (Å²) < 4.78 is 17.4. The molecule has 1 aliphatic rings. The molecular formula is C28H31Cl2NO4. The van der Waals surface area contributed by atoms with E-state index in [1.165, 1.54) is 5.56 Å². The second kappa shape index (κ2) is 11.7. The number of nitrogens with one attached hydrogen (secondary N) is 1. The highest BCUT2D eigenvalue weighted by atomic mass is 35.5. The lowest BCUT2D eigenvalue weighted by Crippen LogP contribution is -2.35. The van der Waals surface area contributed by atoms with E-state index in [-0.39, 0.29) is 0 Å². The zero-order valence-corrected chi connectivity index (χ0v) is 21.5. The smallest absolute Gasteiger partial charge is 0.205 e. The number of hydrogen-bond donors (Lipinski definition) is 2. The molecule has 7 heteroatoms. The summed E-state index contributed by atoms with van der Waals surface area (Å²) >= 11 is 12.4. The Labute approximate surface area is 216 Å². The van der Waals surface area contributed by atoms with Gasteiger partial charge in [-0.3, -0.25) is 0 Å². The molecule has 186 valence electrons. The first-order valence-electron chi connectivity index (χ1n) is 11.7. The Kier molecular flexibility index (Phi) is 8.71. The van der Waals surface area contributed by atoms with Gasteiger partial charge in [-0.25, -0.2) is 0 Å². The van der Waals surface area contributed by atoms with Crippen LogP contribution < -0.4 is 10.1 Å². The fourth-order valence-electron chi connectivity index (χ4n) is 3.97. The van der Waals surface area contributed by atoms with Gasteiger partial charge in [-0.2, -0.15) is 0 Å². The number of rotatable bonds is 10. The van der Waals surface area contributed by atoms with E-state index in [1.807, 2.05) is 62.4 Å². The molecule has 0 fully saturated rings. The third-order valence-electron chi connectivity index (χ3n) is 5.90. The van der Waals surface area contributed by atoms with E-state index in [2.05, 4.69) is 17.4 Å². The summed E-state index contributed by atoms with van der Waals surface area (Å²) in [6.45, 7) is 6.31. The van der Waals surface area contributed by atoms with Crippen LogP contribution in [0.4, 0.5) is 0 Å². The van der Waals surface area contributed by atoms with Crippen LogP contribution in [0.15, 0.2) is 60.7 Å². The molecule has 3 aromatic carbocycles. The van der Waals surface area contributed by atoms with Crippen LogP contribution in [0.2, 0.25) is 10.0 Å². The normalized spacial score (nSPS) is 15.3. The van der Waals surface area contributed by atoms with E-state index in [0.29, 0.717) is 36.4 Å². The van der Waals surface area contributed by atoms with Crippen LogP contribution >= 0.6 is 23.2 Å². The number of hydrogen-bond acceptors (Lipinski definition) is 5. The van der Waals surface area contributed by atoms with Gasteiger partial charge in [-0.05, 0) is 53.9 Å². The molecule has 0 unspecified atom stereocenters. The summed E-state index contributed by atoms with van der Waals surface area (Å²) in [6, 6.07) is 19.5. The standard InChI is InChI=1S/C28H31Cl2NO4/c1-28(2)34-17-22-14-21(9-10-27(22)35-28)26(32)15-31-12-11-19-5-3-6-20(13-19)16-33-18-23-24(29)7-4-8-25(23)30/h3-10,13-14,26,31-32H,11-12,15-18H2,1-2H3/t26-/m0/s1. The van der Waals surface area contributed by atoms with E-state index in [9.17, 15) is 5.11 Å². The highest BCUT2D eigenvalue weighted by molar-refractivity contribution is 6.35. The number of benzene rings is 3. The summed E-state index contributed by atoms with van der Waals surface area (Å²) in [4.78, 5) is 0. The Morgan fingerprint density at radius 3 is 2.54 bits per heavy atom. The Morgan fingerprint density at radius 1 is 1.00 bits per heavy atom. The van der Waals surface area contributed by atoms with Crippen molar-refractivity contribution in [2.75, 3.05) is 13.1 Å². The number of halogens is 2. The first-order valence-corrected chi connectivity index (χ1v) is 12.5. The minimum atomic E-state index is -0.624. The SMILES string of the molecule is CC1(C)OCc2cc([C@@H](O)CNCCc3cccc(COCc4c(Cl)cccc4Cl)c3)ccc2O1. The van der Waals surface area contributed by atoms with Crippen molar-refractivity contribution < 1.29 is 19.3 Å². The fourth-order valence-corrected chi connectivity index (χ4v) is 4.48. The summed E-state index contributed by atoms with van der Waals surface area (Å²) in [5, 5.41) is 15.2. The van der Waals surface area contributed by atoms with Gasteiger partial charge in [0.15, 0.2) is 0 Å². The van der Waals surface area contributed by atoms with Crippen molar-refractivity contribution in [1.82, 2.24) is 5.32 Å². The van der Waals surface area contributed by atoms with Gasteiger partial charge in [0.05, 0.1) is 25.9 Å². The minimum Gasteiger partial charge on any atom is -0.463 e. The van der Waals surface area contributed by atoms with Gasteiger partial charge in [-0.15, -0.1) is 0 Å². The summed E-state index contributed by atoms with van der Waals surface area (Å²) in [7, 11) is 0. The molecule has 4 rings (SSSR count). The molecule has 0 saturated heterocycles. The molecule has 1 atom stereocenters. The highest BCUT2D eigenvalue weighted by Crippen LogP contribution is 2.33. The number of fused-ring (bicyclic) bond motifs is 1. The quantitative estimate of drug-likeness (QED) is 0.314. The van der Waals surface area contributed by atoms with Crippen molar-refractivity contribution in [3.05, 3.63) is 98.5 Å². The first-order chi connectivity index (χ1) is 16.8. The number of ether oxygens (including phenoxy) is 3. The molecule has 35 heavy (non-hydrogen) atoms. The lowest BCUT2D eigenvalue weighted by atomic mass is 10.0. The predicted octanol–water partition coefficient (Wildman–Crippen LogP) is 6.22. The second-order valence-corrected chi connectivity index (χ2v) is 9.96. The Bertz CT molecular complexity index is 1130. The minimum absolute atomic E-state index is 0.362. The molecule has 0 amide bonds. The molecule has 1 aliphatic heterocycles. The van der Waals surface area contributed by atoms with Crippen molar-refractivity contribution in [2.45, 2.75) is 52.0 Å². The van der Waals surface area contributed by atoms with E-state index < -0.39 is 11.9 Å². The van der Waals surface area contributed by atoms with E-state index in [1.54, 1.807) is 0 Å². The maximum atomic E-state index is 10.6. The maximum Gasteiger partial charge on any atom is 0.205 e. The summed E-state index contributed by atoms with van der Waals surface area (Å²) in [5.74, 6) is 0.186. The first kappa shape index (κ1) is 26.0. The topological polar surface area (TPSA) is 60.0 Å². The van der Waals surface area contributed by atoms with Gasteiger partial charge in [0, 0.05) is 41.6 Å². The average molecular weight is 516 g/mol. The van der Waals surface area contributed by atoms with Crippen molar-refractivity contribution >= 4 is 23.2 Å². The average Bonchev–Trinajstić information content (AvgIpc) is 2.83. The summed E-state index contributed by atoms with van der Waals surface area (Å²) in [6.07, 6.45) is 0.240. The Morgan fingerprint density at radius 2 is 1.74 bits per heavy atom. The molecule has 5 nitrogen and oxygen atoms in total. The van der Waals surface area contributed by atoms with Gasteiger partial charge in [0.1, 0.15) is 5.75 Å². The third-order valence-corrected chi connectivity index (χ3v) is 6.60. The Hall–Kier alpha value is -2.12. The van der Waals surface area contributed by atoms with Gasteiger partial charge in [0.2, 0.25) is 5.79 Å². The molecule has 3 aromatic rings. The van der Waals surface area contributed by atoms with Crippen molar-refractivity contribution in [2.24, 2.45) is 0 Å². The number of aliphatic hydroxyl groups is 1. The van der Waals surface area contributed by atoms with E-state index in [4.69, 9.17) is 37.4 Å². The lowest BCUT2D eigenvalue weighted by molar-refractivity contribution is -0.180. The molecule has 0 aromatic heterocycles. The van der Waals surface area contributed by atoms with E-state index >= 15 is 0 Å². The van der Waals surface area contributed by atoms with Crippen molar-refractivity contribution in [1.29, 1.82) is 0 Å². The molecular weight excluding hydrogens is 485 g/mol. The third kappa shape index (κ3) is 7.20. The fraction of sp³-hybridized carbons (Fsp3) is 0.357. The van der Waals surface area contributed by atoms with Crippen LogP contribution in [0.25, 0.3) is 0 Å². The van der Waals surface area contributed by atoms with Crippen LogP contribution in [-0.4, -0.2) is 24.0 Å². The molecule has 1 heterocycles. The Balaban J connectivity index is 1.22. The molecule has 0 bridgehead atoms. The van der Waals surface area contributed by atoms with Gasteiger partial charge in [0.25, 0.3) is 0 Å². The zero-order valence-electron chi connectivity index (χ0n) is 20.0. The predicted molar refractivity (Wildman–Crippen MR) is 139 cm³/mol. The van der Waals surface area contributed by atoms with Crippen molar-refractivity contribution in [3.63, 3.8) is 0 Å². The maximum absolute atomic E-state index is 10.6. The second-order valence-electron chi connectivity index (χ2n) is 9.14. The van der Waals surface area contributed by atoms with E-state index in [0.717, 1.165) is 41.0 Å². The van der Waals surface area contributed by atoms with Crippen molar-refractivity contribution in [3.8, 4) is 5.75 Å². The largest absolute Gasteiger partial charge is 0.463 e. The van der Waals surface area contributed by atoms with Crippen LogP contribution in [0, 0.1) is 0 Å². The van der Waals surface area contributed by atoms with Crippen LogP contribution in [-0.2, 0) is 35.7 Å². The summed E-state index contributed by atoms with van der Waals surface area (Å²) in [5.41, 5.74) is 4.90. The van der Waals surface area contributed by atoms with Gasteiger partial charge >= 0.3 is 0 Å². The van der Waals surface area contributed by atoms with Gasteiger partial charge < -0.3 is 24.6 Å². The molecule has 2 N–H and O–H groups in total. The molecule has 0 radical (unpaired) electrons. The number of aliphatic hydroxyl groups excluding tert-OH is 1. The zero-order chi connectivity index (χ0) is 24.8. The molecule has 0 saturated carbocycles. The van der Waals surface area contributed by atoms with Crippen LogP contribution in [0.3, 0.4) is 0 Å². The molecule has 0 spiro atoms. The highest BCUT2D eigenvalue weighted by Gasteiger charge is 2.27. The monoisotopic (exact) mass is 515 g/mol.